The van der Waals surface area contributed by atoms with Crippen LogP contribution in [0, 0.1) is 29.6 Å². The molecule has 4 bridgehead atoms. The summed E-state index contributed by atoms with van der Waals surface area (Å²) in [7, 11) is 0. The van der Waals surface area contributed by atoms with Crippen LogP contribution in [0.3, 0.4) is 0 Å². The van der Waals surface area contributed by atoms with Crippen molar-refractivity contribution in [2.24, 2.45) is 35.3 Å². The molecule has 0 aromatic heterocycles. The molecule has 106 valence electrons. The zero-order chi connectivity index (χ0) is 13.6. The molecule has 5 heteroatoms. The van der Waals surface area contributed by atoms with E-state index in [-0.39, 0.29) is 18.4 Å². The first kappa shape index (κ1) is 12.9. The van der Waals surface area contributed by atoms with Crippen LogP contribution in [-0.2, 0) is 9.59 Å². The molecule has 4 aliphatic carbocycles. The number of carboxylic acids is 1. The highest BCUT2D eigenvalue weighted by molar-refractivity contribution is 5.84. The maximum absolute atomic E-state index is 11.5. The summed E-state index contributed by atoms with van der Waals surface area (Å²) >= 11 is 0. The third-order valence-electron chi connectivity index (χ3n) is 5.45. The van der Waals surface area contributed by atoms with Gasteiger partial charge in [0.2, 0.25) is 5.91 Å². The van der Waals surface area contributed by atoms with Gasteiger partial charge in [0.1, 0.15) is 6.04 Å². The lowest BCUT2D eigenvalue weighted by molar-refractivity contribution is -0.149. The van der Waals surface area contributed by atoms with Gasteiger partial charge in [-0.3, -0.25) is 4.79 Å². The van der Waals surface area contributed by atoms with E-state index < -0.39 is 12.0 Å². The van der Waals surface area contributed by atoms with Gasteiger partial charge in [-0.1, -0.05) is 0 Å². The molecule has 0 radical (unpaired) electrons. The Morgan fingerprint density at radius 3 is 2.05 bits per heavy atom. The SMILES string of the molecule is NCC(=O)NC(C(=O)O)C1C2CC3CC(C2)CC1C3. The first-order valence-electron chi connectivity index (χ1n) is 7.30. The number of rotatable bonds is 4. The van der Waals surface area contributed by atoms with Crippen LogP contribution < -0.4 is 11.1 Å². The van der Waals surface area contributed by atoms with E-state index in [4.69, 9.17) is 5.73 Å². The Bertz CT molecular complexity index is 368. The van der Waals surface area contributed by atoms with Gasteiger partial charge in [0, 0.05) is 0 Å². The van der Waals surface area contributed by atoms with E-state index in [1.807, 2.05) is 0 Å². The molecule has 1 unspecified atom stereocenters. The second-order valence-electron chi connectivity index (χ2n) is 6.60. The molecular formula is C14H22N2O3. The van der Waals surface area contributed by atoms with Gasteiger partial charge in [-0.05, 0) is 61.7 Å². The van der Waals surface area contributed by atoms with Crippen LogP contribution in [0.4, 0.5) is 0 Å². The van der Waals surface area contributed by atoms with Crippen molar-refractivity contribution in [1.82, 2.24) is 5.32 Å². The Hall–Kier alpha value is -1.10. The third-order valence-corrected chi connectivity index (χ3v) is 5.45. The summed E-state index contributed by atoms with van der Waals surface area (Å²) in [5.74, 6) is 1.42. The van der Waals surface area contributed by atoms with Gasteiger partial charge in [-0.25, -0.2) is 4.79 Å². The molecule has 0 aromatic rings. The average Bonchev–Trinajstić information content (AvgIpc) is 2.35. The van der Waals surface area contributed by atoms with Gasteiger partial charge in [0.15, 0.2) is 0 Å². The molecule has 4 N–H and O–H groups in total. The molecule has 0 spiro atoms. The van der Waals surface area contributed by atoms with Crippen molar-refractivity contribution >= 4 is 11.9 Å². The van der Waals surface area contributed by atoms with Crippen molar-refractivity contribution in [3.8, 4) is 0 Å². The molecule has 4 saturated carbocycles. The summed E-state index contributed by atoms with van der Waals surface area (Å²) in [5.41, 5.74) is 5.29. The van der Waals surface area contributed by atoms with Crippen LogP contribution in [-0.4, -0.2) is 29.6 Å². The number of hydrogen-bond donors (Lipinski definition) is 3. The third kappa shape index (κ3) is 2.24. The Morgan fingerprint density at radius 2 is 1.63 bits per heavy atom. The summed E-state index contributed by atoms with van der Waals surface area (Å²) in [5, 5.41) is 12.1. The number of amides is 1. The molecular weight excluding hydrogens is 244 g/mol. The van der Waals surface area contributed by atoms with Gasteiger partial charge in [-0.15, -0.1) is 0 Å². The zero-order valence-corrected chi connectivity index (χ0v) is 11.0. The molecule has 1 atom stereocenters. The number of nitrogens with two attached hydrogens (primary N) is 1. The standard InChI is InChI=1S/C14H22N2O3/c15-6-11(17)16-13(14(18)19)12-9-2-7-1-8(4-9)5-10(12)3-7/h7-10,12-13H,1-6,15H2,(H,16,17)(H,18,19). The van der Waals surface area contributed by atoms with Crippen LogP contribution >= 0.6 is 0 Å². The summed E-state index contributed by atoms with van der Waals surface area (Å²) in [4.78, 5) is 23.0. The number of carboxylic acid groups (broad SMARTS) is 1. The normalized spacial score (nSPS) is 41.0. The minimum absolute atomic E-state index is 0.112. The maximum Gasteiger partial charge on any atom is 0.326 e. The largest absolute Gasteiger partial charge is 0.480 e. The molecule has 0 aliphatic heterocycles. The predicted octanol–water partition coefficient (Wildman–Crippen LogP) is 0.587. The van der Waals surface area contributed by atoms with E-state index >= 15 is 0 Å². The Morgan fingerprint density at radius 1 is 1.11 bits per heavy atom. The fourth-order valence-electron chi connectivity index (χ4n) is 5.07. The maximum atomic E-state index is 11.5. The fraction of sp³-hybridized carbons (Fsp3) is 0.857. The number of hydrogen-bond acceptors (Lipinski definition) is 3. The summed E-state index contributed by atoms with van der Waals surface area (Å²) < 4.78 is 0. The van der Waals surface area contributed by atoms with Gasteiger partial charge in [-0.2, -0.15) is 0 Å². The van der Waals surface area contributed by atoms with E-state index in [0.29, 0.717) is 11.8 Å². The highest BCUT2D eigenvalue weighted by atomic mass is 16.4. The Kier molecular flexibility index (Phi) is 3.25. The fourth-order valence-corrected chi connectivity index (χ4v) is 5.07. The second kappa shape index (κ2) is 4.78. The van der Waals surface area contributed by atoms with E-state index in [2.05, 4.69) is 5.32 Å². The van der Waals surface area contributed by atoms with Crippen molar-refractivity contribution in [1.29, 1.82) is 0 Å². The molecule has 4 rings (SSSR count). The second-order valence-corrected chi connectivity index (χ2v) is 6.60. The minimum atomic E-state index is -0.903. The predicted molar refractivity (Wildman–Crippen MR) is 69.2 cm³/mol. The highest BCUT2D eigenvalue weighted by Gasteiger charge is 2.52. The first-order chi connectivity index (χ1) is 9.08. The zero-order valence-electron chi connectivity index (χ0n) is 11.0. The van der Waals surface area contributed by atoms with Crippen LogP contribution in [0.1, 0.15) is 32.1 Å². The highest BCUT2D eigenvalue weighted by Crippen LogP contribution is 2.57. The lowest BCUT2D eigenvalue weighted by atomic mass is 9.50. The van der Waals surface area contributed by atoms with Gasteiger partial charge in [0.25, 0.3) is 0 Å². The molecule has 4 aliphatic rings. The summed E-state index contributed by atoms with van der Waals surface area (Å²) in [6.45, 7) is -0.142. The van der Waals surface area contributed by atoms with Crippen LogP contribution in [0.25, 0.3) is 0 Å². The van der Waals surface area contributed by atoms with Crippen LogP contribution in [0.15, 0.2) is 0 Å². The topological polar surface area (TPSA) is 92.4 Å². The first-order valence-corrected chi connectivity index (χ1v) is 7.30. The van der Waals surface area contributed by atoms with Crippen molar-refractivity contribution in [2.45, 2.75) is 38.1 Å². The van der Waals surface area contributed by atoms with Crippen molar-refractivity contribution < 1.29 is 14.7 Å². The number of aliphatic carboxylic acids is 1. The number of carbonyl (C=O) groups excluding carboxylic acids is 1. The quantitative estimate of drug-likeness (QED) is 0.694. The van der Waals surface area contributed by atoms with Crippen molar-refractivity contribution in [2.75, 3.05) is 6.54 Å². The van der Waals surface area contributed by atoms with Crippen molar-refractivity contribution in [3.63, 3.8) is 0 Å². The molecule has 0 saturated heterocycles. The Balaban J connectivity index is 1.78. The molecule has 19 heavy (non-hydrogen) atoms. The summed E-state index contributed by atoms with van der Waals surface area (Å²) in [6, 6.07) is -0.744. The average molecular weight is 266 g/mol. The van der Waals surface area contributed by atoms with Gasteiger partial charge < -0.3 is 16.2 Å². The van der Waals surface area contributed by atoms with E-state index in [9.17, 15) is 14.7 Å². The van der Waals surface area contributed by atoms with Crippen molar-refractivity contribution in [3.05, 3.63) is 0 Å². The summed E-state index contributed by atoms with van der Waals surface area (Å²) in [6.07, 6.45) is 5.95. The van der Waals surface area contributed by atoms with E-state index in [0.717, 1.165) is 37.5 Å². The smallest absolute Gasteiger partial charge is 0.326 e. The molecule has 5 nitrogen and oxygen atoms in total. The van der Waals surface area contributed by atoms with Crippen LogP contribution in [0.2, 0.25) is 0 Å². The monoisotopic (exact) mass is 266 g/mol. The van der Waals surface area contributed by atoms with E-state index in [1.54, 1.807) is 0 Å². The number of nitrogens with one attached hydrogen (secondary N) is 1. The molecule has 4 fully saturated rings. The molecule has 1 amide bonds. The lowest BCUT2D eigenvalue weighted by Crippen LogP contribution is -2.57. The van der Waals surface area contributed by atoms with Crippen LogP contribution in [0.5, 0.6) is 0 Å². The van der Waals surface area contributed by atoms with E-state index in [1.165, 1.54) is 6.42 Å². The lowest BCUT2D eigenvalue weighted by Gasteiger charge is -2.55. The molecule has 0 heterocycles. The Labute approximate surface area is 112 Å². The van der Waals surface area contributed by atoms with Gasteiger partial charge >= 0.3 is 5.97 Å². The number of carbonyl (C=O) groups is 2. The minimum Gasteiger partial charge on any atom is -0.480 e. The molecule has 0 aromatic carbocycles. The van der Waals surface area contributed by atoms with Gasteiger partial charge in [0.05, 0.1) is 6.54 Å².